The lowest BCUT2D eigenvalue weighted by Crippen LogP contribution is -2.10. The van der Waals surface area contributed by atoms with E-state index in [1.807, 2.05) is 0 Å². The van der Waals surface area contributed by atoms with Crippen LogP contribution in [0.15, 0.2) is 12.2 Å². The molecular weight excluding hydrogens is 212 g/mol. The molecule has 0 saturated heterocycles. The van der Waals surface area contributed by atoms with Crippen LogP contribution in [0, 0.1) is 0 Å². The van der Waals surface area contributed by atoms with Gasteiger partial charge in [-0.1, -0.05) is 6.58 Å². The van der Waals surface area contributed by atoms with Crippen LogP contribution < -0.4 is 0 Å². The van der Waals surface area contributed by atoms with E-state index < -0.39 is 17.2 Å². The SMILES string of the molecule is C=C(C)C(=O)O.CCOC(=O)C(=O)Cl. The molecule has 0 aliphatic rings. The quantitative estimate of drug-likeness (QED) is 0.333. The normalized spacial score (nSPS) is 7.93. The van der Waals surface area contributed by atoms with Gasteiger partial charge in [-0.25, -0.2) is 9.59 Å². The van der Waals surface area contributed by atoms with Gasteiger partial charge in [-0.2, -0.15) is 0 Å². The smallest absolute Gasteiger partial charge is 0.391 e. The van der Waals surface area contributed by atoms with Crippen molar-refractivity contribution in [1.29, 1.82) is 0 Å². The highest BCUT2D eigenvalue weighted by Crippen LogP contribution is 1.83. The highest BCUT2D eigenvalue weighted by atomic mass is 35.5. The average Bonchev–Trinajstić information content (AvgIpc) is 2.05. The number of rotatable bonds is 3. The number of hydrogen-bond donors (Lipinski definition) is 1. The molecule has 0 bridgehead atoms. The first-order valence-electron chi connectivity index (χ1n) is 3.58. The monoisotopic (exact) mass is 222 g/mol. The summed E-state index contributed by atoms with van der Waals surface area (Å²) in [6.07, 6.45) is 0. The number of esters is 1. The van der Waals surface area contributed by atoms with Crippen LogP contribution in [0.2, 0.25) is 0 Å². The van der Waals surface area contributed by atoms with Gasteiger partial charge in [0.15, 0.2) is 0 Å². The maximum Gasteiger partial charge on any atom is 0.391 e. The molecule has 0 amide bonds. The van der Waals surface area contributed by atoms with Crippen molar-refractivity contribution in [3.63, 3.8) is 0 Å². The Morgan fingerprint density at radius 1 is 1.43 bits per heavy atom. The first kappa shape index (κ1) is 15.1. The number of carbonyl (C=O) groups excluding carboxylic acids is 2. The van der Waals surface area contributed by atoms with Crippen LogP contribution in [-0.4, -0.2) is 28.9 Å². The highest BCUT2D eigenvalue weighted by Gasteiger charge is 2.08. The summed E-state index contributed by atoms with van der Waals surface area (Å²) in [6.45, 7) is 6.37. The van der Waals surface area contributed by atoms with E-state index in [2.05, 4.69) is 11.3 Å². The zero-order valence-corrected chi connectivity index (χ0v) is 8.63. The van der Waals surface area contributed by atoms with Crippen LogP contribution >= 0.6 is 11.6 Å². The Kier molecular flexibility index (Phi) is 8.91. The highest BCUT2D eigenvalue weighted by molar-refractivity contribution is 6.80. The fourth-order valence-corrected chi connectivity index (χ4v) is 0.242. The zero-order valence-electron chi connectivity index (χ0n) is 7.87. The van der Waals surface area contributed by atoms with E-state index in [0.29, 0.717) is 0 Å². The van der Waals surface area contributed by atoms with Crippen molar-refractivity contribution in [2.75, 3.05) is 6.61 Å². The molecule has 0 saturated carbocycles. The maximum atomic E-state index is 10.0. The number of aliphatic carboxylic acids is 1. The average molecular weight is 223 g/mol. The molecular formula is C8H11ClO5. The van der Waals surface area contributed by atoms with E-state index in [9.17, 15) is 14.4 Å². The zero-order chi connectivity index (χ0) is 11.7. The van der Waals surface area contributed by atoms with Crippen molar-refractivity contribution in [2.24, 2.45) is 0 Å². The fraction of sp³-hybridized carbons (Fsp3) is 0.375. The van der Waals surface area contributed by atoms with E-state index in [4.69, 9.17) is 16.7 Å². The Morgan fingerprint density at radius 3 is 1.86 bits per heavy atom. The van der Waals surface area contributed by atoms with Crippen molar-refractivity contribution in [3.8, 4) is 0 Å². The lowest BCUT2D eigenvalue weighted by Gasteiger charge is -1.91. The third kappa shape index (κ3) is 10.6. The number of carboxylic acids is 1. The van der Waals surface area contributed by atoms with Gasteiger partial charge < -0.3 is 9.84 Å². The first-order chi connectivity index (χ1) is 6.32. The van der Waals surface area contributed by atoms with E-state index >= 15 is 0 Å². The third-order valence-corrected chi connectivity index (χ3v) is 0.955. The summed E-state index contributed by atoms with van der Waals surface area (Å²) in [6, 6.07) is 0. The van der Waals surface area contributed by atoms with Crippen molar-refractivity contribution in [2.45, 2.75) is 13.8 Å². The van der Waals surface area contributed by atoms with Gasteiger partial charge >= 0.3 is 17.2 Å². The predicted molar refractivity (Wildman–Crippen MR) is 49.9 cm³/mol. The van der Waals surface area contributed by atoms with E-state index in [1.54, 1.807) is 6.92 Å². The van der Waals surface area contributed by atoms with Crippen molar-refractivity contribution in [1.82, 2.24) is 0 Å². The molecule has 0 heterocycles. The molecule has 0 aliphatic heterocycles. The van der Waals surface area contributed by atoms with Crippen LogP contribution in [0.1, 0.15) is 13.8 Å². The minimum Gasteiger partial charge on any atom is -0.478 e. The largest absolute Gasteiger partial charge is 0.478 e. The molecule has 1 N–H and O–H groups in total. The molecule has 0 aromatic rings. The number of halogens is 1. The maximum absolute atomic E-state index is 10.0. The van der Waals surface area contributed by atoms with Crippen LogP contribution in [0.5, 0.6) is 0 Å². The molecule has 14 heavy (non-hydrogen) atoms. The third-order valence-electron chi connectivity index (χ3n) is 0.801. The van der Waals surface area contributed by atoms with Gasteiger partial charge in [0.25, 0.3) is 0 Å². The molecule has 0 radical (unpaired) electrons. The molecule has 0 fully saturated rings. The Labute approximate surface area is 86.3 Å². The lowest BCUT2D eigenvalue weighted by molar-refractivity contribution is -0.149. The van der Waals surface area contributed by atoms with E-state index in [0.717, 1.165) is 0 Å². The van der Waals surface area contributed by atoms with Gasteiger partial charge in [-0.15, -0.1) is 0 Å². The molecule has 0 aromatic heterocycles. The van der Waals surface area contributed by atoms with E-state index in [1.165, 1.54) is 6.92 Å². The van der Waals surface area contributed by atoms with Gasteiger partial charge in [-0.3, -0.25) is 4.79 Å². The predicted octanol–water partition coefficient (Wildman–Crippen LogP) is 0.962. The van der Waals surface area contributed by atoms with Crippen molar-refractivity contribution >= 4 is 28.8 Å². The minimum absolute atomic E-state index is 0.176. The van der Waals surface area contributed by atoms with Crippen molar-refractivity contribution < 1.29 is 24.2 Å². The fourth-order valence-electron chi connectivity index (χ4n) is 0.188. The molecule has 5 nitrogen and oxygen atoms in total. The van der Waals surface area contributed by atoms with Gasteiger partial charge in [0.2, 0.25) is 0 Å². The second-order valence-electron chi connectivity index (χ2n) is 2.08. The molecule has 0 spiro atoms. The number of carboxylic acid groups (broad SMARTS) is 1. The Morgan fingerprint density at radius 2 is 1.79 bits per heavy atom. The molecule has 0 aliphatic carbocycles. The Hall–Kier alpha value is -1.36. The number of hydrogen-bond acceptors (Lipinski definition) is 4. The van der Waals surface area contributed by atoms with Gasteiger partial charge in [0, 0.05) is 5.57 Å². The summed E-state index contributed by atoms with van der Waals surface area (Å²) in [7, 11) is 0. The summed E-state index contributed by atoms with van der Waals surface area (Å²) in [5.74, 6) is -1.93. The van der Waals surface area contributed by atoms with E-state index in [-0.39, 0.29) is 12.2 Å². The standard InChI is InChI=1S/C4H5ClO3.C4H6O2/c1-2-8-4(7)3(5)6;1-3(2)4(5)6/h2H2,1H3;1H2,2H3,(H,5,6). The van der Waals surface area contributed by atoms with Crippen molar-refractivity contribution in [3.05, 3.63) is 12.2 Å². The summed E-state index contributed by atoms with van der Waals surface area (Å²) < 4.78 is 4.18. The Bertz CT molecular complexity index is 234. The lowest BCUT2D eigenvalue weighted by atomic mass is 10.4. The summed E-state index contributed by atoms with van der Waals surface area (Å²) >= 11 is 4.69. The van der Waals surface area contributed by atoms with Crippen LogP contribution in [-0.2, 0) is 19.1 Å². The number of ether oxygens (including phenoxy) is 1. The molecule has 0 rings (SSSR count). The second kappa shape index (κ2) is 8.25. The summed E-state index contributed by atoms with van der Waals surface area (Å²) in [5, 5.41) is 6.81. The van der Waals surface area contributed by atoms with Crippen LogP contribution in [0.25, 0.3) is 0 Å². The van der Waals surface area contributed by atoms with Crippen LogP contribution in [0.4, 0.5) is 0 Å². The summed E-state index contributed by atoms with van der Waals surface area (Å²) in [5.41, 5.74) is 0.176. The van der Waals surface area contributed by atoms with Gasteiger partial charge in [0.05, 0.1) is 6.61 Å². The minimum atomic E-state index is -1.08. The molecule has 0 atom stereocenters. The summed E-state index contributed by atoms with van der Waals surface area (Å²) in [4.78, 5) is 29.5. The van der Waals surface area contributed by atoms with Gasteiger partial charge in [0.1, 0.15) is 0 Å². The molecule has 6 heteroatoms. The molecule has 80 valence electrons. The molecule has 0 aromatic carbocycles. The number of carbonyl (C=O) groups is 3. The first-order valence-corrected chi connectivity index (χ1v) is 3.96. The van der Waals surface area contributed by atoms with Crippen LogP contribution in [0.3, 0.4) is 0 Å². The second-order valence-corrected chi connectivity index (χ2v) is 2.42. The van der Waals surface area contributed by atoms with Gasteiger partial charge in [-0.05, 0) is 25.4 Å². The topological polar surface area (TPSA) is 80.7 Å². The molecule has 0 unspecified atom stereocenters. The Balaban J connectivity index is 0.